The molecule has 0 bridgehead atoms. The Morgan fingerprint density at radius 3 is 2.92 bits per heavy atom. The maximum atomic E-state index is 11.2. The Hall–Kier alpha value is -1.43. The maximum absolute atomic E-state index is 11.2. The molecule has 1 aromatic heterocycles. The van der Waals surface area contributed by atoms with Gasteiger partial charge in [0.05, 0.1) is 6.04 Å². The minimum Gasteiger partial charge on any atom is -0.320 e. The van der Waals surface area contributed by atoms with E-state index in [2.05, 4.69) is 20.0 Å². The lowest BCUT2D eigenvalue weighted by molar-refractivity contribution is -0.117. The second-order valence-electron chi connectivity index (χ2n) is 2.65. The minimum atomic E-state index is -0.535. The Labute approximate surface area is 75.5 Å². The van der Waals surface area contributed by atoms with Gasteiger partial charge in [-0.3, -0.25) is 10.1 Å². The van der Waals surface area contributed by atoms with Crippen molar-refractivity contribution in [1.82, 2.24) is 10.1 Å². The molecule has 1 rings (SSSR count). The van der Waals surface area contributed by atoms with Gasteiger partial charge in [0, 0.05) is 0 Å². The van der Waals surface area contributed by atoms with Crippen LogP contribution in [0.1, 0.15) is 19.2 Å². The van der Waals surface area contributed by atoms with Crippen LogP contribution < -0.4 is 11.1 Å². The number of aromatic nitrogens is 2. The molecule has 0 aliphatic rings. The van der Waals surface area contributed by atoms with Gasteiger partial charge in [0.2, 0.25) is 5.91 Å². The molecule has 1 aromatic rings. The van der Waals surface area contributed by atoms with Crippen LogP contribution in [0.4, 0.5) is 6.01 Å². The summed E-state index contributed by atoms with van der Waals surface area (Å²) >= 11 is 0. The van der Waals surface area contributed by atoms with Gasteiger partial charge in [-0.2, -0.15) is 4.98 Å². The van der Waals surface area contributed by atoms with E-state index >= 15 is 0 Å². The largest absolute Gasteiger partial charge is 0.328 e. The Morgan fingerprint density at radius 1 is 1.77 bits per heavy atom. The number of carbonyl (C=O) groups excluding carboxylic acids is 1. The third-order valence-corrected chi connectivity index (χ3v) is 1.53. The molecule has 1 atom stereocenters. The number of amides is 1. The highest BCUT2D eigenvalue weighted by molar-refractivity contribution is 5.92. The fraction of sp³-hybridized carbons (Fsp3) is 0.571. The van der Waals surface area contributed by atoms with Crippen molar-refractivity contribution in [1.29, 1.82) is 0 Å². The average Bonchev–Trinajstić information content (AvgIpc) is 2.49. The fourth-order valence-electron chi connectivity index (χ4n) is 0.731. The minimum absolute atomic E-state index is 0.0893. The van der Waals surface area contributed by atoms with Crippen molar-refractivity contribution in [2.45, 2.75) is 26.3 Å². The first-order valence-corrected chi connectivity index (χ1v) is 4.00. The standard InChI is InChI=1S/C7H12N4O2/c1-3-5(8)6(12)10-7-9-4(2)11-13-7/h5H,3,8H2,1-2H3,(H,9,10,11,12)/t5-/m0/s1. The smallest absolute Gasteiger partial charge is 0.320 e. The van der Waals surface area contributed by atoms with E-state index < -0.39 is 6.04 Å². The van der Waals surface area contributed by atoms with Crippen LogP contribution in [0.15, 0.2) is 4.52 Å². The highest BCUT2D eigenvalue weighted by Crippen LogP contribution is 2.02. The first-order valence-electron chi connectivity index (χ1n) is 4.00. The highest BCUT2D eigenvalue weighted by atomic mass is 16.5. The molecule has 1 heterocycles. The normalized spacial score (nSPS) is 12.5. The Morgan fingerprint density at radius 2 is 2.46 bits per heavy atom. The van der Waals surface area contributed by atoms with Crippen molar-refractivity contribution in [3.8, 4) is 0 Å². The quantitative estimate of drug-likeness (QED) is 0.692. The number of hydrogen-bond acceptors (Lipinski definition) is 5. The van der Waals surface area contributed by atoms with Crippen LogP contribution >= 0.6 is 0 Å². The van der Waals surface area contributed by atoms with E-state index in [-0.39, 0.29) is 11.9 Å². The zero-order valence-electron chi connectivity index (χ0n) is 7.57. The molecule has 0 unspecified atom stereocenters. The monoisotopic (exact) mass is 184 g/mol. The van der Waals surface area contributed by atoms with Gasteiger partial charge in [-0.05, 0) is 13.3 Å². The number of carbonyl (C=O) groups is 1. The van der Waals surface area contributed by atoms with E-state index in [0.29, 0.717) is 12.2 Å². The number of nitrogens with zero attached hydrogens (tertiary/aromatic N) is 2. The zero-order chi connectivity index (χ0) is 9.84. The van der Waals surface area contributed by atoms with E-state index in [0.717, 1.165) is 0 Å². The Balaban J connectivity index is 2.54. The first-order chi connectivity index (χ1) is 6.13. The third kappa shape index (κ3) is 2.51. The SMILES string of the molecule is CC[C@H](N)C(=O)Nc1nc(C)no1. The summed E-state index contributed by atoms with van der Waals surface area (Å²) in [4.78, 5) is 15.0. The topological polar surface area (TPSA) is 94.0 Å². The number of nitrogens with one attached hydrogen (secondary N) is 1. The third-order valence-electron chi connectivity index (χ3n) is 1.53. The van der Waals surface area contributed by atoms with Crippen molar-refractivity contribution >= 4 is 11.9 Å². The van der Waals surface area contributed by atoms with Crippen LogP contribution in [0, 0.1) is 6.92 Å². The van der Waals surface area contributed by atoms with Crippen LogP contribution in [-0.2, 0) is 4.79 Å². The summed E-state index contributed by atoms with van der Waals surface area (Å²) in [5.41, 5.74) is 5.47. The number of hydrogen-bond donors (Lipinski definition) is 2. The second-order valence-corrected chi connectivity index (χ2v) is 2.65. The lowest BCUT2D eigenvalue weighted by Gasteiger charge is -2.05. The van der Waals surface area contributed by atoms with Crippen LogP contribution in [0.25, 0.3) is 0 Å². The molecule has 72 valence electrons. The van der Waals surface area contributed by atoms with E-state index in [1.165, 1.54) is 0 Å². The summed E-state index contributed by atoms with van der Waals surface area (Å²) in [6.07, 6.45) is 0.568. The summed E-state index contributed by atoms with van der Waals surface area (Å²) in [7, 11) is 0. The van der Waals surface area contributed by atoms with Crippen molar-refractivity contribution < 1.29 is 9.32 Å². The summed E-state index contributed by atoms with van der Waals surface area (Å²) < 4.78 is 4.68. The zero-order valence-corrected chi connectivity index (χ0v) is 7.57. The lowest BCUT2D eigenvalue weighted by Crippen LogP contribution is -2.34. The first kappa shape index (κ1) is 9.66. The number of rotatable bonds is 3. The van der Waals surface area contributed by atoms with Gasteiger partial charge in [-0.1, -0.05) is 12.1 Å². The second kappa shape index (κ2) is 3.99. The van der Waals surface area contributed by atoms with Crippen LogP contribution in [0.5, 0.6) is 0 Å². The molecule has 6 nitrogen and oxygen atoms in total. The Kier molecular flexibility index (Phi) is 2.97. The molecule has 1 amide bonds. The van der Waals surface area contributed by atoms with Gasteiger partial charge in [-0.25, -0.2) is 0 Å². The van der Waals surface area contributed by atoms with Crippen molar-refractivity contribution in [3.63, 3.8) is 0 Å². The van der Waals surface area contributed by atoms with Gasteiger partial charge in [0.25, 0.3) is 0 Å². The summed E-state index contributed by atoms with van der Waals surface area (Å²) in [6.45, 7) is 3.49. The molecule has 0 saturated heterocycles. The number of aryl methyl sites for hydroxylation is 1. The molecular weight excluding hydrogens is 172 g/mol. The average molecular weight is 184 g/mol. The van der Waals surface area contributed by atoms with Gasteiger partial charge in [0.1, 0.15) is 0 Å². The predicted molar refractivity (Wildman–Crippen MR) is 45.9 cm³/mol. The molecule has 3 N–H and O–H groups in total. The van der Waals surface area contributed by atoms with Crippen molar-refractivity contribution in [3.05, 3.63) is 5.82 Å². The molecule has 13 heavy (non-hydrogen) atoms. The Bertz CT molecular complexity index is 296. The summed E-state index contributed by atoms with van der Waals surface area (Å²) in [5, 5.41) is 5.92. The van der Waals surface area contributed by atoms with E-state index in [9.17, 15) is 4.79 Å². The summed E-state index contributed by atoms with van der Waals surface area (Å²) in [6, 6.07) is -0.446. The molecule has 6 heteroatoms. The van der Waals surface area contributed by atoms with Gasteiger partial charge >= 0.3 is 6.01 Å². The molecule has 0 aliphatic heterocycles. The fourth-order valence-corrected chi connectivity index (χ4v) is 0.731. The van der Waals surface area contributed by atoms with Gasteiger partial charge in [0.15, 0.2) is 5.82 Å². The van der Waals surface area contributed by atoms with Gasteiger partial charge in [-0.15, -0.1) is 0 Å². The molecule has 0 spiro atoms. The molecule has 0 radical (unpaired) electrons. The van der Waals surface area contributed by atoms with Gasteiger partial charge < -0.3 is 10.3 Å². The van der Waals surface area contributed by atoms with Crippen molar-refractivity contribution in [2.75, 3.05) is 5.32 Å². The van der Waals surface area contributed by atoms with E-state index in [1.807, 2.05) is 6.92 Å². The van der Waals surface area contributed by atoms with Crippen molar-refractivity contribution in [2.24, 2.45) is 5.73 Å². The predicted octanol–water partition coefficient (Wildman–Crippen LogP) is 0.0538. The highest BCUT2D eigenvalue weighted by Gasteiger charge is 2.13. The maximum Gasteiger partial charge on any atom is 0.328 e. The van der Waals surface area contributed by atoms with Crippen LogP contribution in [-0.4, -0.2) is 22.1 Å². The molecular formula is C7H12N4O2. The molecule has 0 aromatic carbocycles. The molecule has 0 fully saturated rings. The summed E-state index contributed by atoms with van der Waals surface area (Å²) in [5.74, 6) is 0.159. The lowest BCUT2D eigenvalue weighted by atomic mass is 10.2. The van der Waals surface area contributed by atoms with E-state index in [4.69, 9.17) is 5.73 Å². The number of anilines is 1. The molecule has 0 aliphatic carbocycles. The number of nitrogens with two attached hydrogens (primary N) is 1. The van der Waals surface area contributed by atoms with Crippen LogP contribution in [0.2, 0.25) is 0 Å². The van der Waals surface area contributed by atoms with E-state index in [1.54, 1.807) is 6.92 Å². The van der Waals surface area contributed by atoms with Crippen LogP contribution in [0.3, 0.4) is 0 Å². The molecule has 0 saturated carbocycles.